The maximum atomic E-state index is 12.0. The summed E-state index contributed by atoms with van der Waals surface area (Å²) in [5.41, 5.74) is 0. The molecule has 30 heavy (non-hydrogen) atoms. The van der Waals surface area contributed by atoms with Gasteiger partial charge in [-0.1, -0.05) is 103 Å². The molecule has 1 rings (SSSR count). The third-order valence-electron chi connectivity index (χ3n) is 5.44. The summed E-state index contributed by atoms with van der Waals surface area (Å²) < 4.78 is 5.29. The average Bonchev–Trinajstić information content (AvgIpc) is 3.28. The molecule has 1 aromatic heterocycles. The van der Waals surface area contributed by atoms with Crippen LogP contribution in [0, 0.1) is 0 Å². The van der Waals surface area contributed by atoms with E-state index in [0.29, 0.717) is 11.5 Å². The Balaban J connectivity index is 1.84. The molecule has 0 bridgehead atoms. The van der Waals surface area contributed by atoms with Gasteiger partial charge in [0.2, 0.25) is 0 Å². The zero-order valence-corrected chi connectivity index (χ0v) is 20.1. The van der Waals surface area contributed by atoms with E-state index in [2.05, 4.69) is 12.2 Å². The summed E-state index contributed by atoms with van der Waals surface area (Å²) in [4.78, 5) is 24.5. The maximum Gasteiger partial charge on any atom is 0.328 e. The molecule has 0 saturated carbocycles. The molecule has 0 fully saturated rings. The molecule has 1 heterocycles. The van der Waals surface area contributed by atoms with E-state index in [-0.39, 0.29) is 11.9 Å². The third kappa shape index (κ3) is 13.8. The SMILES string of the molecule is CCCCCCCCCCCCCCCCCOC(=O)[C@H](C)NC(=O)c1cccs1. The number of carbonyl (C=O) groups is 2. The molecule has 0 saturated heterocycles. The summed E-state index contributed by atoms with van der Waals surface area (Å²) in [5.74, 6) is -0.577. The third-order valence-corrected chi connectivity index (χ3v) is 6.31. The lowest BCUT2D eigenvalue weighted by molar-refractivity contribution is -0.145. The molecule has 1 atom stereocenters. The van der Waals surface area contributed by atoms with Crippen LogP contribution in [0.4, 0.5) is 0 Å². The molecule has 1 aromatic rings. The van der Waals surface area contributed by atoms with Crippen LogP contribution < -0.4 is 5.32 Å². The van der Waals surface area contributed by atoms with Crippen LogP contribution in [0.1, 0.15) is 120 Å². The second-order valence-electron chi connectivity index (χ2n) is 8.29. The van der Waals surface area contributed by atoms with Gasteiger partial charge in [-0.3, -0.25) is 4.79 Å². The van der Waals surface area contributed by atoms with E-state index in [4.69, 9.17) is 4.74 Å². The lowest BCUT2D eigenvalue weighted by Gasteiger charge is -2.12. The van der Waals surface area contributed by atoms with Gasteiger partial charge in [-0.2, -0.15) is 0 Å². The van der Waals surface area contributed by atoms with Crippen molar-refractivity contribution >= 4 is 23.2 Å². The molecular formula is C25H43NO3S. The Morgan fingerprint density at radius 2 is 1.37 bits per heavy atom. The molecule has 5 heteroatoms. The summed E-state index contributed by atoms with van der Waals surface area (Å²) in [6.07, 6.45) is 19.7. The number of rotatable bonds is 19. The molecule has 0 aliphatic heterocycles. The molecule has 0 aliphatic carbocycles. The number of nitrogens with one attached hydrogen (secondary N) is 1. The Kier molecular flexibility index (Phi) is 16.4. The number of carbonyl (C=O) groups excluding carboxylic acids is 2. The summed E-state index contributed by atoms with van der Waals surface area (Å²) in [5, 5.41) is 4.53. The van der Waals surface area contributed by atoms with Crippen molar-refractivity contribution in [3.63, 3.8) is 0 Å². The van der Waals surface area contributed by atoms with Crippen molar-refractivity contribution in [1.29, 1.82) is 0 Å². The van der Waals surface area contributed by atoms with Crippen LogP contribution in [0.3, 0.4) is 0 Å². The minimum absolute atomic E-state index is 0.221. The largest absolute Gasteiger partial charge is 0.464 e. The van der Waals surface area contributed by atoms with Crippen LogP contribution in [-0.2, 0) is 9.53 Å². The number of esters is 1. The van der Waals surface area contributed by atoms with Crippen LogP contribution in [0.2, 0.25) is 0 Å². The molecule has 0 aromatic carbocycles. The van der Waals surface area contributed by atoms with Gasteiger partial charge in [-0.05, 0) is 24.8 Å². The minimum atomic E-state index is -0.615. The predicted octanol–water partition coefficient (Wildman–Crippen LogP) is 7.28. The van der Waals surface area contributed by atoms with E-state index in [0.717, 1.165) is 12.8 Å². The number of hydrogen-bond acceptors (Lipinski definition) is 4. The summed E-state index contributed by atoms with van der Waals surface area (Å²) in [7, 11) is 0. The van der Waals surface area contributed by atoms with Crippen molar-refractivity contribution in [3.8, 4) is 0 Å². The second kappa shape index (κ2) is 18.4. The first-order chi connectivity index (χ1) is 14.6. The zero-order chi connectivity index (χ0) is 21.9. The zero-order valence-electron chi connectivity index (χ0n) is 19.3. The molecule has 172 valence electrons. The van der Waals surface area contributed by atoms with Crippen molar-refractivity contribution < 1.29 is 14.3 Å². The first-order valence-corrected chi connectivity index (χ1v) is 13.0. The standard InChI is InChI=1S/C25H43NO3S/c1-3-4-5-6-7-8-9-10-11-12-13-14-15-16-17-20-29-25(28)22(2)26-24(27)23-19-18-21-30-23/h18-19,21-22H,3-17,20H2,1-2H3,(H,26,27)/t22-/m0/s1. The van der Waals surface area contributed by atoms with Gasteiger partial charge < -0.3 is 10.1 Å². The minimum Gasteiger partial charge on any atom is -0.464 e. The first kappa shape index (κ1) is 26.7. The fourth-order valence-electron chi connectivity index (χ4n) is 3.51. The van der Waals surface area contributed by atoms with Crippen LogP contribution in [-0.4, -0.2) is 24.5 Å². The number of ether oxygens (including phenoxy) is 1. The van der Waals surface area contributed by atoms with Crippen molar-refractivity contribution in [2.75, 3.05) is 6.61 Å². The summed E-state index contributed by atoms with van der Waals surface area (Å²) in [6, 6.07) is 2.95. The van der Waals surface area contributed by atoms with Crippen LogP contribution in [0.5, 0.6) is 0 Å². The smallest absolute Gasteiger partial charge is 0.328 e. The Morgan fingerprint density at radius 1 is 0.867 bits per heavy atom. The molecule has 1 N–H and O–H groups in total. The van der Waals surface area contributed by atoms with Gasteiger partial charge in [0.1, 0.15) is 6.04 Å². The van der Waals surface area contributed by atoms with Gasteiger partial charge in [-0.25, -0.2) is 4.79 Å². The van der Waals surface area contributed by atoms with Crippen molar-refractivity contribution in [2.45, 2.75) is 116 Å². The molecule has 0 spiro atoms. The van der Waals surface area contributed by atoms with Crippen molar-refractivity contribution in [1.82, 2.24) is 5.32 Å². The molecule has 0 unspecified atom stereocenters. The lowest BCUT2D eigenvalue weighted by atomic mass is 10.0. The van der Waals surface area contributed by atoms with E-state index >= 15 is 0 Å². The van der Waals surface area contributed by atoms with Gasteiger partial charge in [0, 0.05) is 0 Å². The van der Waals surface area contributed by atoms with E-state index in [1.807, 2.05) is 11.4 Å². The Hall–Kier alpha value is -1.36. The van der Waals surface area contributed by atoms with Gasteiger partial charge in [0.25, 0.3) is 5.91 Å². The number of thiophene rings is 1. The topological polar surface area (TPSA) is 55.4 Å². The second-order valence-corrected chi connectivity index (χ2v) is 9.24. The first-order valence-electron chi connectivity index (χ1n) is 12.2. The van der Waals surface area contributed by atoms with Crippen LogP contribution in [0.15, 0.2) is 17.5 Å². The van der Waals surface area contributed by atoms with E-state index in [1.165, 1.54) is 94.8 Å². The highest BCUT2D eigenvalue weighted by atomic mass is 32.1. The van der Waals surface area contributed by atoms with E-state index in [9.17, 15) is 9.59 Å². The molecule has 0 radical (unpaired) electrons. The Bertz CT molecular complexity index is 545. The Labute approximate surface area is 188 Å². The molecular weight excluding hydrogens is 394 g/mol. The predicted molar refractivity (Wildman–Crippen MR) is 127 cm³/mol. The fraction of sp³-hybridized carbons (Fsp3) is 0.760. The van der Waals surface area contributed by atoms with Crippen molar-refractivity contribution in [3.05, 3.63) is 22.4 Å². The monoisotopic (exact) mass is 437 g/mol. The summed E-state index contributed by atoms with van der Waals surface area (Å²) in [6.45, 7) is 4.38. The van der Waals surface area contributed by atoms with Gasteiger partial charge in [-0.15, -0.1) is 11.3 Å². The molecule has 1 amide bonds. The van der Waals surface area contributed by atoms with Crippen molar-refractivity contribution in [2.24, 2.45) is 0 Å². The molecule has 0 aliphatic rings. The van der Waals surface area contributed by atoms with Crippen LogP contribution in [0.25, 0.3) is 0 Å². The summed E-state index contributed by atoms with van der Waals surface area (Å²) >= 11 is 1.36. The Morgan fingerprint density at radius 3 is 1.83 bits per heavy atom. The molecule has 4 nitrogen and oxygen atoms in total. The van der Waals surface area contributed by atoms with E-state index < -0.39 is 6.04 Å². The lowest BCUT2D eigenvalue weighted by Crippen LogP contribution is -2.39. The number of unbranched alkanes of at least 4 members (excludes halogenated alkanes) is 14. The normalized spacial score (nSPS) is 11.9. The van der Waals surface area contributed by atoms with E-state index in [1.54, 1.807) is 13.0 Å². The van der Waals surface area contributed by atoms with Gasteiger partial charge >= 0.3 is 5.97 Å². The maximum absolute atomic E-state index is 12.0. The highest BCUT2D eigenvalue weighted by molar-refractivity contribution is 7.12. The highest BCUT2D eigenvalue weighted by Gasteiger charge is 2.18. The number of amides is 1. The quantitative estimate of drug-likeness (QED) is 0.183. The highest BCUT2D eigenvalue weighted by Crippen LogP contribution is 2.13. The number of hydrogen-bond donors (Lipinski definition) is 1. The fourth-order valence-corrected chi connectivity index (χ4v) is 4.13. The average molecular weight is 438 g/mol. The van der Waals surface area contributed by atoms with Gasteiger partial charge in [0.05, 0.1) is 11.5 Å². The van der Waals surface area contributed by atoms with Crippen LogP contribution >= 0.6 is 11.3 Å². The van der Waals surface area contributed by atoms with Gasteiger partial charge in [0.15, 0.2) is 0 Å².